The van der Waals surface area contributed by atoms with Gasteiger partial charge in [0.25, 0.3) is 0 Å². The highest BCUT2D eigenvalue weighted by Gasteiger charge is 1.81. The number of hydrogen-bond donors (Lipinski definition) is 0. The van der Waals surface area contributed by atoms with Crippen LogP contribution in [0.3, 0.4) is 0 Å². The highest BCUT2D eigenvalue weighted by atomic mass is 16.5. The fraction of sp³-hybridized carbons (Fsp3) is 0.167. The fourth-order valence-corrected chi connectivity index (χ4v) is 0.857. The fourth-order valence-electron chi connectivity index (χ4n) is 0.857. The van der Waals surface area contributed by atoms with E-state index in [1.54, 1.807) is 12.5 Å². The summed E-state index contributed by atoms with van der Waals surface area (Å²) in [6.45, 7) is 3.99. The largest absolute Gasteiger partial charge is 0.473 e. The van der Waals surface area contributed by atoms with E-state index in [4.69, 9.17) is 4.74 Å². The standard InChI is InChI=1S/C12H14O/c1-11(2)10-13-9-8-12-6-4-3-5-7-12/h3-10H,1-2H3. The van der Waals surface area contributed by atoms with E-state index in [0.29, 0.717) is 0 Å². The molecule has 0 atom stereocenters. The molecule has 1 aromatic carbocycles. The van der Waals surface area contributed by atoms with Crippen molar-refractivity contribution >= 4 is 6.08 Å². The predicted octanol–water partition coefficient (Wildman–Crippen LogP) is 3.60. The lowest BCUT2D eigenvalue weighted by atomic mass is 10.2. The Hall–Kier alpha value is -1.50. The summed E-state index contributed by atoms with van der Waals surface area (Å²) in [5.41, 5.74) is 2.29. The first-order chi connectivity index (χ1) is 6.29. The van der Waals surface area contributed by atoms with Crippen LogP contribution in [0.5, 0.6) is 0 Å². The summed E-state index contributed by atoms with van der Waals surface area (Å²) in [4.78, 5) is 0. The van der Waals surface area contributed by atoms with Crippen LogP contribution in [0.1, 0.15) is 19.4 Å². The number of rotatable bonds is 3. The molecule has 1 rings (SSSR count). The summed E-state index contributed by atoms with van der Waals surface area (Å²) in [6.07, 6.45) is 5.33. The quantitative estimate of drug-likeness (QED) is 0.636. The van der Waals surface area contributed by atoms with E-state index in [1.165, 1.54) is 0 Å². The number of benzene rings is 1. The number of ether oxygens (including phenoxy) is 1. The molecule has 1 nitrogen and oxygen atoms in total. The molecular weight excluding hydrogens is 160 g/mol. The zero-order valence-corrected chi connectivity index (χ0v) is 8.03. The molecule has 0 N–H and O–H groups in total. The minimum Gasteiger partial charge on any atom is -0.473 e. The second-order valence-corrected chi connectivity index (χ2v) is 3.04. The molecule has 0 amide bonds. The summed E-state index contributed by atoms with van der Waals surface area (Å²) >= 11 is 0. The molecule has 13 heavy (non-hydrogen) atoms. The van der Waals surface area contributed by atoms with Crippen LogP contribution in [0.15, 0.2) is 48.4 Å². The van der Waals surface area contributed by atoms with Gasteiger partial charge >= 0.3 is 0 Å². The Labute approximate surface area is 79.4 Å². The SMILES string of the molecule is CC(C)=COC=Cc1ccccc1. The first-order valence-corrected chi connectivity index (χ1v) is 4.29. The first-order valence-electron chi connectivity index (χ1n) is 4.29. The third kappa shape index (κ3) is 4.16. The number of hydrogen-bond acceptors (Lipinski definition) is 1. The molecule has 0 radical (unpaired) electrons. The van der Waals surface area contributed by atoms with Crippen LogP contribution in [0.25, 0.3) is 6.08 Å². The monoisotopic (exact) mass is 174 g/mol. The van der Waals surface area contributed by atoms with Gasteiger partial charge in [0, 0.05) is 0 Å². The van der Waals surface area contributed by atoms with Crippen molar-refractivity contribution in [3.63, 3.8) is 0 Å². The summed E-state index contributed by atoms with van der Waals surface area (Å²) in [5, 5.41) is 0. The van der Waals surface area contributed by atoms with Crippen molar-refractivity contribution in [1.82, 2.24) is 0 Å². The lowest BCUT2D eigenvalue weighted by molar-refractivity contribution is 0.401. The Morgan fingerprint density at radius 3 is 2.46 bits per heavy atom. The van der Waals surface area contributed by atoms with Gasteiger partial charge in [-0.05, 0) is 31.1 Å². The highest BCUT2D eigenvalue weighted by molar-refractivity contribution is 5.47. The maximum atomic E-state index is 5.16. The van der Waals surface area contributed by atoms with Crippen LogP contribution in [-0.4, -0.2) is 0 Å². The first kappa shape index (κ1) is 9.59. The molecule has 0 aliphatic carbocycles. The van der Waals surface area contributed by atoms with Crippen molar-refractivity contribution in [1.29, 1.82) is 0 Å². The third-order valence-electron chi connectivity index (χ3n) is 1.44. The summed E-state index contributed by atoms with van der Waals surface area (Å²) < 4.78 is 5.16. The Kier molecular flexibility index (Phi) is 3.83. The van der Waals surface area contributed by atoms with Crippen molar-refractivity contribution in [2.75, 3.05) is 0 Å². The van der Waals surface area contributed by atoms with Gasteiger partial charge < -0.3 is 4.74 Å². The molecule has 0 saturated carbocycles. The normalized spacial score (nSPS) is 10.0. The van der Waals surface area contributed by atoms with Crippen LogP contribution < -0.4 is 0 Å². The van der Waals surface area contributed by atoms with Crippen molar-refractivity contribution in [2.45, 2.75) is 13.8 Å². The van der Waals surface area contributed by atoms with Gasteiger partial charge in [-0.2, -0.15) is 0 Å². The smallest absolute Gasteiger partial charge is 0.0907 e. The zero-order chi connectivity index (χ0) is 9.52. The lowest BCUT2D eigenvalue weighted by Gasteiger charge is -1.92. The Bertz CT molecular complexity index is 292. The molecule has 0 spiro atoms. The van der Waals surface area contributed by atoms with Gasteiger partial charge in [-0.25, -0.2) is 0 Å². The average Bonchev–Trinajstić information content (AvgIpc) is 2.14. The van der Waals surface area contributed by atoms with Gasteiger partial charge in [0.2, 0.25) is 0 Å². The molecule has 0 aliphatic rings. The predicted molar refractivity (Wildman–Crippen MR) is 56.0 cm³/mol. The molecule has 68 valence electrons. The molecule has 1 aromatic rings. The Morgan fingerprint density at radius 1 is 1.15 bits per heavy atom. The maximum Gasteiger partial charge on any atom is 0.0907 e. The molecule has 1 heteroatoms. The minimum atomic E-state index is 1.14. The van der Waals surface area contributed by atoms with Crippen LogP contribution in [0, 0.1) is 0 Å². The van der Waals surface area contributed by atoms with Gasteiger partial charge in [0.1, 0.15) is 0 Å². The van der Waals surface area contributed by atoms with Crippen LogP contribution in [-0.2, 0) is 4.74 Å². The average molecular weight is 174 g/mol. The van der Waals surface area contributed by atoms with E-state index < -0.39 is 0 Å². The van der Waals surface area contributed by atoms with Crippen molar-refractivity contribution in [2.24, 2.45) is 0 Å². The molecule has 0 aromatic heterocycles. The number of allylic oxidation sites excluding steroid dienone is 1. The second kappa shape index (κ2) is 5.20. The molecule has 0 heterocycles. The minimum absolute atomic E-state index is 1.14. The van der Waals surface area contributed by atoms with Gasteiger partial charge in [-0.1, -0.05) is 30.3 Å². The highest BCUT2D eigenvalue weighted by Crippen LogP contribution is 2.01. The van der Waals surface area contributed by atoms with Gasteiger partial charge in [-0.15, -0.1) is 0 Å². The molecule has 0 fully saturated rings. The van der Waals surface area contributed by atoms with Crippen LogP contribution in [0.2, 0.25) is 0 Å². The van der Waals surface area contributed by atoms with E-state index in [9.17, 15) is 0 Å². The molecular formula is C12H14O. The molecule has 0 aliphatic heterocycles. The van der Waals surface area contributed by atoms with Gasteiger partial charge in [-0.3, -0.25) is 0 Å². The second-order valence-electron chi connectivity index (χ2n) is 3.04. The summed E-state index contributed by atoms with van der Waals surface area (Å²) in [5.74, 6) is 0. The maximum absolute atomic E-state index is 5.16. The van der Waals surface area contributed by atoms with E-state index in [0.717, 1.165) is 11.1 Å². The third-order valence-corrected chi connectivity index (χ3v) is 1.44. The zero-order valence-electron chi connectivity index (χ0n) is 8.03. The van der Waals surface area contributed by atoms with E-state index in [1.807, 2.05) is 50.3 Å². The summed E-state index contributed by atoms with van der Waals surface area (Å²) in [7, 11) is 0. The lowest BCUT2D eigenvalue weighted by Crippen LogP contribution is -1.71. The van der Waals surface area contributed by atoms with Crippen molar-refractivity contribution in [3.05, 3.63) is 54.0 Å². The van der Waals surface area contributed by atoms with Crippen molar-refractivity contribution in [3.8, 4) is 0 Å². The van der Waals surface area contributed by atoms with E-state index in [-0.39, 0.29) is 0 Å². The van der Waals surface area contributed by atoms with E-state index in [2.05, 4.69) is 0 Å². The van der Waals surface area contributed by atoms with Gasteiger partial charge in [0.15, 0.2) is 0 Å². The Balaban J connectivity index is 2.46. The molecule has 0 saturated heterocycles. The van der Waals surface area contributed by atoms with E-state index >= 15 is 0 Å². The van der Waals surface area contributed by atoms with Gasteiger partial charge in [0.05, 0.1) is 12.5 Å². The van der Waals surface area contributed by atoms with Crippen LogP contribution >= 0.6 is 0 Å². The summed E-state index contributed by atoms with van der Waals surface area (Å²) in [6, 6.07) is 10.1. The topological polar surface area (TPSA) is 9.23 Å². The molecule has 0 bridgehead atoms. The Morgan fingerprint density at radius 2 is 1.85 bits per heavy atom. The molecule has 0 unspecified atom stereocenters. The van der Waals surface area contributed by atoms with Crippen LogP contribution in [0.4, 0.5) is 0 Å². The van der Waals surface area contributed by atoms with Crippen molar-refractivity contribution < 1.29 is 4.74 Å².